The number of carbonyl (C=O) groups is 1. The van der Waals surface area contributed by atoms with Crippen LogP contribution in [0.15, 0.2) is 40.6 Å². The van der Waals surface area contributed by atoms with Gasteiger partial charge in [0.15, 0.2) is 0 Å². The van der Waals surface area contributed by atoms with Gasteiger partial charge in [-0.05, 0) is 62.2 Å². The normalized spacial score (nSPS) is 13.0. The van der Waals surface area contributed by atoms with Crippen LogP contribution in [-0.2, 0) is 21.4 Å². The number of nitrogens with two attached hydrogens (primary N) is 1. The smallest absolute Gasteiger partial charge is 0.241 e. The van der Waals surface area contributed by atoms with Crippen LogP contribution in [0.1, 0.15) is 17.4 Å². The number of anilines is 1. The minimum Gasteiger partial charge on any atom is -0.325 e. The van der Waals surface area contributed by atoms with E-state index in [1.807, 2.05) is 24.3 Å². The van der Waals surface area contributed by atoms with Crippen molar-refractivity contribution in [1.29, 1.82) is 0 Å². The van der Waals surface area contributed by atoms with Crippen molar-refractivity contribution in [3.8, 4) is 0 Å². The molecule has 130 valence electrons. The van der Waals surface area contributed by atoms with Crippen LogP contribution in [0.25, 0.3) is 0 Å². The van der Waals surface area contributed by atoms with Gasteiger partial charge in [0.05, 0.1) is 10.9 Å². The summed E-state index contributed by atoms with van der Waals surface area (Å²) in [6, 6.07) is 7.51. The Morgan fingerprint density at radius 3 is 2.42 bits per heavy atom. The van der Waals surface area contributed by atoms with Crippen molar-refractivity contribution < 1.29 is 13.2 Å². The maximum Gasteiger partial charge on any atom is 0.241 e. The quantitative estimate of drug-likeness (QED) is 0.818. The zero-order chi connectivity index (χ0) is 17.9. The third-order valence-electron chi connectivity index (χ3n) is 3.85. The van der Waals surface area contributed by atoms with Crippen LogP contribution in [0.4, 0.5) is 5.69 Å². The monoisotopic (exact) mass is 367 g/mol. The predicted molar refractivity (Wildman–Crippen MR) is 96.4 cm³/mol. The Kier molecular flexibility index (Phi) is 5.76. The second-order valence-electron chi connectivity index (χ2n) is 5.68. The van der Waals surface area contributed by atoms with Gasteiger partial charge in [0.2, 0.25) is 15.9 Å². The van der Waals surface area contributed by atoms with Crippen molar-refractivity contribution in [1.82, 2.24) is 4.90 Å². The summed E-state index contributed by atoms with van der Waals surface area (Å²) >= 11 is 1.67. The van der Waals surface area contributed by atoms with Gasteiger partial charge < -0.3 is 5.32 Å². The second-order valence-corrected chi connectivity index (χ2v) is 8.24. The molecule has 0 saturated heterocycles. The van der Waals surface area contributed by atoms with E-state index in [0.717, 1.165) is 0 Å². The molecule has 3 N–H and O–H groups in total. The van der Waals surface area contributed by atoms with Crippen LogP contribution >= 0.6 is 11.3 Å². The summed E-state index contributed by atoms with van der Waals surface area (Å²) in [7, 11) is -1.83. The molecule has 24 heavy (non-hydrogen) atoms. The average molecular weight is 367 g/mol. The van der Waals surface area contributed by atoms with E-state index in [4.69, 9.17) is 5.14 Å². The van der Waals surface area contributed by atoms with Gasteiger partial charge in [-0.25, -0.2) is 13.6 Å². The number of nitrogens with zero attached hydrogens (tertiary/aromatic N) is 1. The van der Waals surface area contributed by atoms with Crippen molar-refractivity contribution in [2.24, 2.45) is 5.14 Å². The van der Waals surface area contributed by atoms with E-state index in [1.54, 1.807) is 11.3 Å². The van der Waals surface area contributed by atoms with Gasteiger partial charge in [0, 0.05) is 17.1 Å². The molecule has 0 spiro atoms. The maximum atomic E-state index is 12.4. The minimum absolute atomic E-state index is 0.0128. The number of sulfonamides is 1. The molecule has 0 saturated carbocycles. The molecule has 0 radical (unpaired) electrons. The number of hydrogen-bond donors (Lipinski definition) is 2. The molecule has 0 aliphatic carbocycles. The molecule has 1 aromatic heterocycles. The summed E-state index contributed by atoms with van der Waals surface area (Å²) in [5.41, 5.74) is 1.75. The SMILES string of the molecule is Cc1ccsc1CN(C)[C@@H](C)C(=O)Nc1ccc(S(N)(=O)=O)cc1. The number of carbonyl (C=O) groups excluding carboxylic acids is 1. The summed E-state index contributed by atoms with van der Waals surface area (Å²) < 4.78 is 22.5. The molecule has 0 unspecified atom stereocenters. The first kappa shape index (κ1) is 18.6. The maximum absolute atomic E-state index is 12.4. The van der Waals surface area contributed by atoms with Gasteiger partial charge in [-0.1, -0.05) is 0 Å². The molecular weight excluding hydrogens is 346 g/mol. The standard InChI is InChI=1S/C16H21N3O3S2/c1-11-8-9-23-15(11)10-19(3)12(2)16(20)18-13-4-6-14(7-5-13)24(17,21)22/h4-9,12H,10H2,1-3H3,(H,18,20)(H2,17,21,22)/t12-/m0/s1. The van der Waals surface area contributed by atoms with E-state index in [1.165, 1.54) is 34.7 Å². The van der Waals surface area contributed by atoms with E-state index in [-0.39, 0.29) is 16.8 Å². The molecule has 6 nitrogen and oxygen atoms in total. The van der Waals surface area contributed by atoms with E-state index in [9.17, 15) is 13.2 Å². The van der Waals surface area contributed by atoms with Gasteiger partial charge in [-0.15, -0.1) is 11.3 Å². The molecule has 1 aromatic carbocycles. The Hall–Kier alpha value is -1.74. The number of primary sulfonamides is 1. The summed E-state index contributed by atoms with van der Waals surface area (Å²) in [6.45, 7) is 4.58. The highest BCUT2D eigenvalue weighted by Gasteiger charge is 2.19. The van der Waals surface area contributed by atoms with E-state index in [0.29, 0.717) is 12.2 Å². The molecule has 2 aromatic rings. The Bertz CT molecular complexity index is 813. The fourth-order valence-corrected chi connectivity index (χ4v) is 3.59. The molecule has 8 heteroatoms. The number of thiophene rings is 1. The Labute approximate surface area is 146 Å². The summed E-state index contributed by atoms with van der Waals surface area (Å²) in [5, 5.41) is 9.87. The first-order chi connectivity index (χ1) is 11.2. The molecule has 1 amide bonds. The number of likely N-dealkylation sites (N-methyl/N-ethyl adjacent to an activating group) is 1. The second kappa shape index (κ2) is 7.43. The van der Waals surface area contributed by atoms with Crippen molar-refractivity contribution in [2.75, 3.05) is 12.4 Å². The van der Waals surface area contributed by atoms with Crippen molar-refractivity contribution in [2.45, 2.75) is 31.3 Å². The molecule has 0 bridgehead atoms. The average Bonchev–Trinajstić information content (AvgIpc) is 2.91. The molecule has 2 rings (SSSR count). The lowest BCUT2D eigenvalue weighted by Crippen LogP contribution is -2.39. The van der Waals surface area contributed by atoms with Crippen molar-refractivity contribution >= 4 is 33.0 Å². The lowest BCUT2D eigenvalue weighted by atomic mass is 10.2. The fraction of sp³-hybridized carbons (Fsp3) is 0.312. The van der Waals surface area contributed by atoms with E-state index in [2.05, 4.69) is 18.3 Å². The highest BCUT2D eigenvalue weighted by atomic mass is 32.2. The number of benzene rings is 1. The van der Waals surface area contributed by atoms with Gasteiger partial charge >= 0.3 is 0 Å². The highest BCUT2D eigenvalue weighted by Crippen LogP contribution is 2.19. The van der Waals surface area contributed by atoms with Crippen molar-refractivity contribution in [3.05, 3.63) is 46.2 Å². The van der Waals surface area contributed by atoms with E-state index >= 15 is 0 Å². The molecule has 0 aliphatic heterocycles. The molecule has 1 atom stereocenters. The first-order valence-corrected chi connectivity index (χ1v) is 9.78. The lowest BCUT2D eigenvalue weighted by Gasteiger charge is -2.23. The van der Waals surface area contributed by atoms with Crippen LogP contribution in [-0.4, -0.2) is 32.3 Å². The third-order valence-corrected chi connectivity index (χ3v) is 5.79. The summed E-state index contributed by atoms with van der Waals surface area (Å²) in [4.78, 5) is 15.6. The number of rotatable bonds is 6. The van der Waals surface area contributed by atoms with Crippen LogP contribution in [0.3, 0.4) is 0 Å². The number of aryl methyl sites for hydroxylation is 1. The third kappa shape index (κ3) is 4.64. The summed E-state index contributed by atoms with van der Waals surface area (Å²) in [6.07, 6.45) is 0. The zero-order valence-electron chi connectivity index (χ0n) is 13.8. The van der Waals surface area contributed by atoms with Gasteiger partial charge in [0.25, 0.3) is 0 Å². The Morgan fingerprint density at radius 2 is 1.92 bits per heavy atom. The molecule has 0 aliphatic rings. The molecule has 0 fully saturated rings. The molecule has 1 heterocycles. The Morgan fingerprint density at radius 1 is 1.29 bits per heavy atom. The van der Waals surface area contributed by atoms with E-state index < -0.39 is 10.0 Å². The Balaban J connectivity index is 1.99. The number of nitrogens with one attached hydrogen (secondary N) is 1. The van der Waals surface area contributed by atoms with Gasteiger partial charge in [-0.3, -0.25) is 9.69 Å². The van der Waals surface area contributed by atoms with Crippen LogP contribution < -0.4 is 10.5 Å². The fourth-order valence-electron chi connectivity index (χ4n) is 2.10. The van der Waals surface area contributed by atoms with Crippen molar-refractivity contribution in [3.63, 3.8) is 0 Å². The number of amides is 1. The first-order valence-electron chi connectivity index (χ1n) is 7.35. The summed E-state index contributed by atoms with van der Waals surface area (Å²) in [5.74, 6) is -0.157. The van der Waals surface area contributed by atoms with Crippen LogP contribution in [0.2, 0.25) is 0 Å². The molecular formula is C16H21N3O3S2. The minimum atomic E-state index is -3.73. The number of hydrogen-bond acceptors (Lipinski definition) is 5. The van der Waals surface area contributed by atoms with Gasteiger partial charge in [-0.2, -0.15) is 0 Å². The van der Waals surface area contributed by atoms with Crippen LogP contribution in [0, 0.1) is 6.92 Å². The van der Waals surface area contributed by atoms with Gasteiger partial charge in [0.1, 0.15) is 0 Å². The highest BCUT2D eigenvalue weighted by molar-refractivity contribution is 7.89. The largest absolute Gasteiger partial charge is 0.325 e. The lowest BCUT2D eigenvalue weighted by molar-refractivity contribution is -0.120. The topological polar surface area (TPSA) is 92.5 Å². The zero-order valence-corrected chi connectivity index (χ0v) is 15.4. The van der Waals surface area contributed by atoms with Crippen LogP contribution in [0.5, 0.6) is 0 Å². The predicted octanol–water partition coefficient (Wildman–Crippen LogP) is 2.16.